The fourth-order valence-corrected chi connectivity index (χ4v) is 3.34. The molecule has 1 N–H and O–H groups in total. The van der Waals surface area contributed by atoms with Crippen LogP contribution in [0.5, 0.6) is 0 Å². The van der Waals surface area contributed by atoms with Gasteiger partial charge in [0, 0.05) is 22.9 Å². The molecule has 0 spiro atoms. The molecule has 1 aliphatic rings. The first-order valence-electron chi connectivity index (χ1n) is 6.58. The second-order valence-corrected chi connectivity index (χ2v) is 6.43. The Morgan fingerprint density at radius 3 is 2.80 bits per heavy atom. The SMILES string of the molecule is Clc1cc(Sc2cc3ccccc3[nH]2)nc(C2CC2)n1. The first-order chi connectivity index (χ1) is 9.78. The van der Waals surface area contributed by atoms with Crippen LogP contribution < -0.4 is 0 Å². The zero-order chi connectivity index (χ0) is 13.5. The highest BCUT2D eigenvalue weighted by Gasteiger charge is 2.27. The van der Waals surface area contributed by atoms with Crippen LogP contribution >= 0.6 is 23.4 Å². The minimum atomic E-state index is 0.510. The Balaban J connectivity index is 1.67. The van der Waals surface area contributed by atoms with Crippen LogP contribution in [0, 0.1) is 0 Å². The summed E-state index contributed by atoms with van der Waals surface area (Å²) in [6.45, 7) is 0. The number of aromatic amines is 1. The first kappa shape index (κ1) is 12.2. The Kier molecular flexibility index (Phi) is 2.93. The Hall–Kier alpha value is -1.52. The lowest BCUT2D eigenvalue weighted by atomic mass is 10.3. The van der Waals surface area contributed by atoms with Crippen molar-refractivity contribution in [2.24, 2.45) is 0 Å². The van der Waals surface area contributed by atoms with Crippen LogP contribution in [0.4, 0.5) is 0 Å². The second-order valence-electron chi connectivity index (χ2n) is 4.98. The van der Waals surface area contributed by atoms with E-state index in [0.717, 1.165) is 21.4 Å². The van der Waals surface area contributed by atoms with Crippen LogP contribution in [0.2, 0.25) is 5.15 Å². The van der Waals surface area contributed by atoms with Crippen LogP contribution in [-0.2, 0) is 0 Å². The minimum absolute atomic E-state index is 0.510. The predicted octanol–water partition coefficient (Wildman–Crippen LogP) is 4.64. The molecule has 0 radical (unpaired) electrons. The van der Waals surface area contributed by atoms with Gasteiger partial charge in [0.05, 0.1) is 5.03 Å². The summed E-state index contributed by atoms with van der Waals surface area (Å²) in [7, 11) is 0. The summed E-state index contributed by atoms with van der Waals surface area (Å²) in [5.74, 6) is 1.40. The molecule has 3 aromatic rings. The molecule has 1 fully saturated rings. The van der Waals surface area contributed by atoms with Crippen molar-refractivity contribution in [3.8, 4) is 0 Å². The number of nitrogens with zero attached hydrogens (tertiary/aromatic N) is 2. The third-order valence-corrected chi connectivity index (χ3v) is 4.40. The summed E-state index contributed by atoms with van der Waals surface area (Å²) in [6.07, 6.45) is 2.35. The minimum Gasteiger partial charge on any atom is -0.349 e. The molecule has 0 aliphatic heterocycles. The van der Waals surface area contributed by atoms with Gasteiger partial charge in [0.25, 0.3) is 0 Å². The number of nitrogens with one attached hydrogen (secondary N) is 1. The summed E-state index contributed by atoms with van der Waals surface area (Å²) < 4.78 is 0. The molecule has 0 saturated heterocycles. The number of hydrogen-bond acceptors (Lipinski definition) is 3. The molecule has 20 heavy (non-hydrogen) atoms. The van der Waals surface area contributed by atoms with E-state index in [2.05, 4.69) is 33.2 Å². The summed E-state index contributed by atoms with van der Waals surface area (Å²) in [5, 5.41) is 3.71. The number of rotatable bonds is 3. The van der Waals surface area contributed by atoms with E-state index in [4.69, 9.17) is 11.6 Å². The standard InChI is InChI=1S/C15H12ClN3S/c16-12-8-14(19-15(18-12)9-5-6-9)20-13-7-10-3-1-2-4-11(10)17-13/h1-4,7-9,17H,5-6H2. The van der Waals surface area contributed by atoms with Gasteiger partial charge >= 0.3 is 0 Å². The smallest absolute Gasteiger partial charge is 0.134 e. The van der Waals surface area contributed by atoms with Gasteiger partial charge in [-0.15, -0.1) is 0 Å². The van der Waals surface area contributed by atoms with Crippen molar-refractivity contribution >= 4 is 34.3 Å². The van der Waals surface area contributed by atoms with Gasteiger partial charge in [0.15, 0.2) is 0 Å². The van der Waals surface area contributed by atoms with Crippen molar-refractivity contribution < 1.29 is 0 Å². The third-order valence-electron chi connectivity index (χ3n) is 3.35. The van der Waals surface area contributed by atoms with Gasteiger partial charge in [0.2, 0.25) is 0 Å². The molecule has 3 nitrogen and oxygen atoms in total. The fourth-order valence-electron chi connectivity index (χ4n) is 2.20. The highest BCUT2D eigenvalue weighted by atomic mass is 35.5. The van der Waals surface area contributed by atoms with Gasteiger partial charge in [-0.1, -0.05) is 41.6 Å². The average molecular weight is 302 g/mol. The number of benzene rings is 1. The third kappa shape index (κ3) is 2.41. The Morgan fingerprint density at radius 1 is 1.15 bits per heavy atom. The van der Waals surface area contributed by atoms with E-state index in [1.54, 1.807) is 11.8 Å². The molecule has 2 aromatic heterocycles. The zero-order valence-electron chi connectivity index (χ0n) is 10.6. The van der Waals surface area contributed by atoms with E-state index in [1.807, 2.05) is 18.2 Å². The monoisotopic (exact) mass is 301 g/mol. The number of fused-ring (bicyclic) bond motifs is 1. The van der Waals surface area contributed by atoms with E-state index in [9.17, 15) is 0 Å². The lowest BCUT2D eigenvalue weighted by molar-refractivity contribution is 0.877. The highest BCUT2D eigenvalue weighted by Crippen LogP contribution is 2.39. The van der Waals surface area contributed by atoms with Crippen LogP contribution in [-0.4, -0.2) is 15.0 Å². The molecule has 4 rings (SSSR count). The first-order valence-corrected chi connectivity index (χ1v) is 7.77. The van der Waals surface area contributed by atoms with Crippen molar-refractivity contribution in [3.05, 3.63) is 47.4 Å². The molecule has 1 aliphatic carbocycles. The summed E-state index contributed by atoms with van der Waals surface area (Å²) in [5.41, 5.74) is 1.14. The quantitative estimate of drug-likeness (QED) is 0.717. The van der Waals surface area contributed by atoms with Crippen molar-refractivity contribution in [1.82, 2.24) is 15.0 Å². The van der Waals surface area contributed by atoms with Crippen molar-refractivity contribution in [2.45, 2.75) is 28.8 Å². The molecule has 0 bridgehead atoms. The van der Waals surface area contributed by atoms with Crippen molar-refractivity contribution in [2.75, 3.05) is 0 Å². The van der Waals surface area contributed by atoms with E-state index < -0.39 is 0 Å². The summed E-state index contributed by atoms with van der Waals surface area (Å²) >= 11 is 7.69. The van der Waals surface area contributed by atoms with Gasteiger partial charge in [0.1, 0.15) is 16.0 Å². The molecule has 0 unspecified atom stereocenters. The Morgan fingerprint density at radius 2 is 2.00 bits per heavy atom. The van der Waals surface area contributed by atoms with Gasteiger partial charge in [-0.2, -0.15) is 0 Å². The molecular formula is C15H12ClN3S. The highest BCUT2D eigenvalue weighted by molar-refractivity contribution is 7.99. The number of aromatic nitrogens is 3. The van der Waals surface area contributed by atoms with Gasteiger partial charge in [-0.3, -0.25) is 0 Å². The average Bonchev–Trinajstić information content (AvgIpc) is 3.19. The van der Waals surface area contributed by atoms with Crippen molar-refractivity contribution in [1.29, 1.82) is 0 Å². The zero-order valence-corrected chi connectivity index (χ0v) is 12.2. The largest absolute Gasteiger partial charge is 0.349 e. The van der Waals surface area contributed by atoms with Gasteiger partial charge in [-0.05, 0) is 25.0 Å². The molecule has 100 valence electrons. The van der Waals surface area contributed by atoms with E-state index >= 15 is 0 Å². The van der Waals surface area contributed by atoms with Crippen LogP contribution in [0.3, 0.4) is 0 Å². The van der Waals surface area contributed by atoms with Gasteiger partial charge in [-0.25, -0.2) is 9.97 Å². The molecule has 5 heteroatoms. The van der Waals surface area contributed by atoms with E-state index in [-0.39, 0.29) is 0 Å². The van der Waals surface area contributed by atoms with Crippen LogP contribution in [0.15, 0.2) is 46.5 Å². The van der Waals surface area contributed by atoms with Crippen LogP contribution in [0.1, 0.15) is 24.6 Å². The van der Waals surface area contributed by atoms with Gasteiger partial charge < -0.3 is 4.98 Å². The summed E-state index contributed by atoms with van der Waals surface area (Å²) in [6, 6.07) is 12.2. The fraction of sp³-hybridized carbons (Fsp3) is 0.200. The molecule has 1 saturated carbocycles. The Labute approximate surface area is 125 Å². The number of hydrogen-bond donors (Lipinski definition) is 1. The number of H-pyrrole nitrogens is 1. The molecule has 1 aromatic carbocycles. The maximum absolute atomic E-state index is 6.09. The maximum Gasteiger partial charge on any atom is 0.134 e. The van der Waals surface area contributed by atoms with E-state index in [1.165, 1.54) is 18.2 Å². The molecule has 2 heterocycles. The van der Waals surface area contributed by atoms with Crippen molar-refractivity contribution in [3.63, 3.8) is 0 Å². The van der Waals surface area contributed by atoms with E-state index in [0.29, 0.717) is 11.1 Å². The molecular weight excluding hydrogens is 290 g/mol. The number of halogens is 1. The lowest BCUT2D eigenvalue weighted by Gasteiger charge is -2.02. The molecule has 0 amide bonds. The second kappa shape index (κ2) is 4.79. The Bertz CT molecular complexity index is 747. The predicted molar refractivity (Wildman–Crippen MR) is 81.4 cm³/mol. The molecule has 0 atom stereocenters. The normalized spacial score (nSPS) is 14.8. The number of para-hydroxylation sites is 1. The van der Waals surface area contributed by atoms with Crippen LogP contribution in [0.25, 0.3) is 10.9 Å². The summed E-state index contributed by atoms with van der Waals surface area (Å²) in [4.78, 5) is 12.3. The maximum atomic E-state index is 6.09. The topological polar surface area (TPSA) is 41.6 Å². The lowest BCUT2D eigenvalue weighted by Crippen LogP contribution is -1.94.